The van der Waals surface area contributed by atoms with Crippen LogP contribution < -0.4 is 10.2 Å². The maximum atomic E-state index is 12.2. The van der Waals surface area contributed by atoms with E-state index in [-0.39, 0.29) is 12.1 Å². The summed E-state index contributed by atoms with van der Waals surface area (Å²) < 4.78 is 5.44. The van der Waals surface area contributed by atoms with E-state index in [1.54, 1.807) is 0 Å². The maximum Gasteiger partial charge on any atom is 0.407 e. The average Bonchev–Trinajstić information content (AvgIpc) is 2.68. The van der Waals surface area contributed by atoms with Crippen LogP contribution in [0.1, 0.15) is 45.6 Å². The lowest BCUT2D eigenvalue weighted by molar-refractivity contribution is 0.0500. The third-order valence-corrected chi connectivity index (χ3v) is 6.28. The van der Waals surface area contributed by atoms with Gasteiger partial charge in [-0.05, 0) is 83.8 Å². The number of nitrogens with one attached hydrogen (secondary N) is 1. The van der Waals surface area contributed by atoms with Crippen LogP contribution in [0.2, 0.25) is 5.02 Å². The molecule has 3 rings (SSSR count). The highest BCUT2D eigenvalue weighted by Crippen LogP contribution is 2.28. The van der Waals surface area contributed by atoms with Gasteiger partial charge in [-0.1, -0.05) is 11.6 Å². The minimum Gasteiger partial charge on any atom is -0.444 e. The van der Waals surface area contributed by atoms with Crippen molar-refractivity contribution in [3.8, 4) is 0 Å². The number of anilines is 1. The lowest BCUT2D eigenvalue weighted by Crippen LogP contribution is -2.49. The molecule has 2 saturated heterocycles. The topological polar surface area (TPSA) is 48.0 Å². The summed E-state index contributed by atoms with van der Waals surface area (Å²) in [5.74, 6) is 0. The van der Waals surface area contributed by atoms with Gasteiger partial charge in [0.05, 0.1) is 0 Å². The molecular formula is C24H39ClN4O2. The molecule has 0 aromatic heterocycles. The van der Waals surface area contributed by atoms with Crippen molar-refractivity contribution < 1.29 is 9.53 Å². The van der Waals surface area contributed by atoms with Crippen LogP contribution >= 0.6 is 11.6 Å². The number of carbonyl (C=O) groups excluding carboxylic acids is 1. The molecule has 7 heteroatoms. The van der Waals surface area contributed by atoms with Crippen molar-refractivity contribution in [3.05, 3.63) is 28.8 Å². The Morgan fingerprint density at radius 1 is 1.19 bits per heavy atom. The number of likely N-dealkylation sites (N-methyl/N-ethyl adjacent to an activating group) is 1. The number of piperazine rings is 1. The molecule has 2 heterocycles. The minimum atomic E-state index is -0.481. The van der Waals surface area contributed by atoms with Crippen LogP contribution in [-0.4, -0.2) is 80.4 Å². The Hall–Kier alpha value is -1.50. The number of hydrogen-bond acceptors (Lipinski definition) is 5. The van der Waals surface area contributed by atoms with Crippen LogP contribution in [-0.2, 0) is 11.2 Å². The fourth-order valence-electron chi connectivity index (χ4n) is 4.42. The molecule has 1 N–H and O–H groups in total. The minimum absolute atomic E-state index is 0.0949. The van der Waals surface area contributed by atoms with Gasteiger partial charge in [-0.3, -0.25) is 0 Å². The predicted octanol–water partition coefficient (Wildman–Crippen LogP) is 4.01. The lowest BCUT2D eigenvalue weighted by Gasteiger charge is -2.36. The van der Waals surface area contributed by atoms with Gasteiger partial charge in [0.25, 0.3) is 0 Å². The Bertz CT molecular complexity index is 729. The van der Waals surface area contributed by atoms with Crippen LogP contribution in [0.25, 0.3) is 0 Å². The Kier molecular flexibility index (Phi) is 8.48. The summed E-state index contributed by atoms with van der Waals surface area (Å²) in [7, 11) is 2.19. The summed E-state index contributed by atoms with van der Waals surface area (Å²) in [5, 5.41) is 3.85. The number of hydrogen-bond donors (Lipinski definition) is 1. The van der Waals surface area contributed by atoms with Gasteiger partial charge in [0, 0.05) is 56.0 Å². The molecule has 1 unspecified atom stereocenters. The molecule has 0 aliphatic carbocycles. The average molecular weight is 451 g/mol. The highest BCUT2D eigenvalue weighted by atomic mass is 35.5. The zero-order valence-electron chi connectivity index (χ0n) is 19.6. The first-order chi connectivity index (χ1) is 14.7. The second-order valence-corrected chi connectivity index (χ2v) is 10.4. The van der Waals surface area contributed by atoms with E-state index >= 15 is 0 Å². The van der Waals surface area contributed by atoms with Gasteiger partial charge >= 0.3 is 6.09 Å². The lowest BCUT2D eigenvalue weighted by atomic mass is 10.0. The molecule has 174 valence electrons. The molecule has 0 radical (unpaired) electrons. The van der Waals surface area contributed by atoms with E-state index in [1.807, 2.05) is 26.8 Å². The third-order valence-electron chi connectivity index (χ3n) is 6.04. The van der Waals surface area contributed by atoms with E-state index in [9.17, 15) is 4.79 Å². The number of benzene rings is 1. The van der Waals surface area contributed by atoms with Gasteiger partial charge in [-0.15, -0.1) is 0 Å². The summed E-state index contributed by atoms with van der Waals surface area (Å²) in [5.41, 5.74) is 2.07. The van der Waals surface area contributed by atoms with Gasteiger partial charge in [-0.2, -0.15) is 0 Å². The SMILES string of the molecule is CN1CCN(CCCc2cc(Cl)ccc2N2CCCC(NC(=O)OC(C)(C)C)C2)CC1. The number of carbonyl (C=O) groups is 1. The smallest absolute Gasteiger partial charge is 0.407 e. The molecule has 2 fully saturated rings. The van der Waals surface area contributed by atoms with Crippen LogP contribution in [0.5, 0.6) is 0 Å². The van der Waals surface area contributed by atoms with E-state index < -0.39 is 5.60 Å². The number of halogens is 1. The number of amides is 1. The molecule has 0 bridgehead atoms. The fraction of sp³-hybridized carbons (Fsp3) is 0.708. The second-order valence-electron chi connectivity index (χ2n) is 9.95. The zero-order valence-corrected chi connectivity index (χ0v) is 20.4. The van der Waals surface area contributed by atoms with Crippen molar-refractivity contribution >= 4 is 23.4 Å². The summed E-state index contributed by atoms with van der Waals surface area (Å²) in [6.07, 6.45) is 3.84. The first-order valence-corrected chi connectivity index (χ1v) is 12.0. The van der Waals surface area contributed by atoms with Crippen LogP contribution in [0.15, 0.2) is 18.2 Å². The zero-order chi connectivity index (χ0) is 22.4. The number of aryl methyl sites for hydroxylation is 1. The van der Waals surface area contributed by atoms with Crippen molar-refractivity contribution in [2.24, 2.45) is 0 Å². The van der Waals surface area contributed by atoms with Crippen LogP contribution in [0, 0.1) is 0 Å². The number of alkyl carbamates (subject to hydrolysis) is 1. The highest BCUT2D eigenvalue weighted by molar-refractivity contribution is 6.30. The third kappa shape index (κ3) is 7.85. The quantitative estimate of drug-likeness (QED) is 0.709. The maximum absolute atomic E-state index is 12.2. The van der Waals surface area contributed by atoms with E-state index in [0.29, 0.717) is 0 Å². The first kappa shape index (κ1) is 24.1. The van der Waals surface area contributed by atoms with Gasteiger partial charge in [0.2, 0.25) is 0 Å². The summed E-state index contributed by atoms with van der Waals surface area (Å²) in [4.78, 5) is 19.6. The molecule has 6 nitrogen and oxygen atoms in total. The molecule has 1 aromatic carbocycles. The summed E-state index contributed by atoms with van der Waals surface area (Å²) in [6.45, 7) is 13.2. The number of ether oxygens (including phenoxy) is 1. The molecule has 1 aromatic rings. The molecule has 31 heavy (non-hydrogen) atoms. The first-order valence-electron chi connectivity index (χ1n) is 11.6. The largest absolute Gasteiger partial charge is 0.444 e. The molecular weight excluding hydrogens is 412 g/mol. The Morgan fingerprint density at radius 3 is 2.65 bits per heavy atom. The molecule has 0 spiro atoms. The Labute approximate surface area is 192 Å². The van der Waals surface area contributed by atoms with Gasteiger partial charge in [0.1, 0.15) is 5.60 Å². The highest BCUT2D eigenvalue weighted by Gasteiger charge is 2.25. The van der Waals surface area contributed by atoms with Gasteiger partial charge < -0.3 is 24.8 Å². The van der Waals surface area contributed by atoms with E-state index in [2.05, 4.69) is 39.2 Å². The van der Waals surface area contributed by atoms with Crippen molar-refractivity contribution in [1.82, 2.24) is 15.1 Å². The Morgan fingerprint density at radius 2 is 1.94 bits per heavy atom. The van der Waals surface area contributed by atoms with Crippen molar-refractivity contribution in [2.75, 3.05) is 57.8 Å². The van der Waals surface area contributed by atoms with Crippen molar-refractivity contribution in [1.29, 1.82) is 0 Å². The second kappa shape index (κ2) is 10.9. The molecule has 1 atom stereocenters. The molecule has 2 aliphatic rings. The van der Waals surface area contributed by atoms with E-state index in [4.69, 9.17) is 16.3 Å². The van der Waals surface area contributed by atoms with Crippen LogP contribution in [0.4, 0.5) is 10.5 Å². The van der Waals surface area contributed by atoms with Crippen LogP contribution in [0.3, 0.4) is 0 Å². The van der Waals surface area contributed by atoms with Gasteiger partial charge in [0.15, 0.2) is 0 Å². The number of piperidine rings is 1. The summed E-state index contributed by atoms with van der Waals surface area (Å²) in [6, 6.07) is 6.33. The summed E-state index contributed by atoms with van der Waals surface area (Å²) >= 11 is 6.35. The fourth-order valence-corrected chi connectivity index (χ4v) is 4.61. The van der Waals surface area contributed by atoms with E-state index in [1.165, 1.54) is 11.3 Å². The van der Waals surface area contributed by atoms with Crippen molar-refractivity contribution in [2.45, 2.75) is 58.1 Å². The molecule has 1 amide bonds. The Balaban J connectivity index is 1.57. The molecule has 2 aliphatic heterocycles. The van der Waals surface area contributed by atoms with E-state index in [0.717, 1.165) is 76.5 Å². The monoisotopic (exact) mass is 450 g/mol. The van der Waals surface area contributed by atoms with Crippen molar-refractivity contribution in [3.63, 3.8) is 0 Å². The normalized spacial score (nSPS) is 21.2. The predicted molar refractivity (Wildman–Crippen MR) is 128 cm³/mol. The van der Waals surface area contributed by atoms with Gasteiger partial charge in [-0.25, -0.2) is 4.79 Å². The standard InChI is InChI=1S/C24H39ClN4O2/c1-24(2,3)31-23(30)26-21-8-6-12-29(18-21)22-10-9-20(25)17-19(22)7-5-11-28-15-13-27(4)14-16-28/h9-10,17,21H,5-8,11-16,18H2,1-4H3,(H,26,30). The number of rotatable bonds is 6. The number of nitrogens with zero attached hydrogens (tertiary/aromatic N) is 3. The molecule has 0 saturated carbocycles.